The molecule has 1 N–H and O–H groups in total. The zero-order chi connectivity index (χ0) is 23.8. The second-order valence-corrected chi connectivity index (χ2v) is 9.33. The average Bonchev–Trinajstić information content (AvgIpc) is 2.86. The molecule has 0 spiro atoms. The molecular weight excluding hydrogens is 422 g/mol. The first-order valence-electron chi connectivity index (χ1n) is 12.1. The first-order chi connectivity index (χ1) is 16.6. The number of alkyl carbamates (subject to hydrolysis) is 1. The van der Waals surface area contributed by atoms with Gasteiger partial charge >= 0.3 is 6.09 Å². The van der Waals surface area contributed by atoms with E-state index in [4.69, 9.17) is 4.74 Å². The Bertz CT molecular complexity index is 975. The largest absolute Gasteiger partial charge is 0.446 e. The monoisotopic (exact) mass is 457 g/mol. The third-order valence-corrected chi connectivity index (χ3v) is 6.26. The summed E-state index contributed by atoms with van der Waals surface area (Å²) in [4.78, 5) is 17.4. The molecule has 0 bridgehead atoms. The Morgan fingerprint density at radius 1 is 0.882 bits per heavy atom. The third-order valence-electron chi connectivity index (χ3n) is 6.26. The van der Waals surface area contributed by atoms with Crippen molar-refractivity contribution in [1.82, 2.24) is 15.1 Å². The van der Waals surface area contributed by atoms with Gasteiger partial charge in [0.05, 0.1) is 6.04 Å². The highest BCUT2D eigenvalue weighted by atomic mass is 16.6. The van der Waals surface area contributed by atoms with E-state index in [0.29, 0.717) is 0 Å². The molecule has 0 saturated carbocycles. The first-order valence-corrected chi connectivity index (χ1v) is 12.1. The molecular formula is C29H35N3O2. The maximum Gasteiger partial charge on any atom is 0.408 e. The van der Waals surface area contributed by atoms with Crippen molar-refractivity contribution in [2.75, 3.05) is 27.2 Å². The summed E-state index contributed by atoms with van der Waals surface area (Å²) < 4.78 is 5.83. The van der Waals surface area contributed by atoms with Crippen LogP contribution in [0.15, 0.2) is 84.9 Å². The van der Waals surface area contributed by atoms with Crippen LogP contribution in [-0.2, 0) is 17.8 Å². The number of carbonyl (C=O) groups excluding carboxylic acids is 1. The molecule has 0 radical (unpaired) electrons. The quantitative estimate of drug-likeness (QED) is 0.503. The van der Waals surface area contributed by atoms with Crippen molar-refractivity contribution in [2.24, 2.45) is 0 Å². The second-order valence-electron chi connectivity index (χ2n) is 9.33. The van der Waals surface area contributed by atoms with Gasteiger partial charge in [-0.2, -0.15) is 0 Å². The van der Waals surface area contributed by atoms with Crippen LogP contribution in [-0.4, -0.2) is 49.2 Å². The van der Waals surface area contributed by atoms with Crippen molar-refractivity contribution in [2.45, 2.75) is 38.1 Å². The fourth-order valence-corrected chi connectivity index (χ4v) is 4.51. The lowest BCUT2D eigenvalue weighted by atomic mass is 9.99. The molecule has 3 aromatic rings. The van der Waals surface area contributed by atoms with Gasteiger partial charge in [0.1, 0.15) is 6.10 Å². The van der Waals surface area contributed by atoms with E-state index in [1.807, 2.05) is 60.7 Å². The van der Waals surface area contributed by atoms with Crippen LogP contribution in [0.2, 0.25) is 0 Å². The van der Waals surface area contributed by atoms with Gasteiger partial charge in [-0.25, -0.2) is 4.79 Å². The Morgan fingerprint density at radius 3 is 1.94 bits per heavy atom. The minimum atomic E-state index is -0.354. The zero-order valence-corrected chi connectivity index (χ0v) is 20.2. The van der Waals surface area contributed by atoms with Gasteiger partial charge in [0.25, 0.3) is 0 Å². The van der Waals surface area contributed by atoms with Crippen molar-refractivity contribution in [3.8, 4) is 0 Å². The number of amides is 1. The van der Waals surface area contributed by atoms with Gasteiger partial charge in [-0.3, -0.25) is 4.90 Å². The van der Waals surface area contributed by atoms with Crippen molar-refractivity contribution < 1.29 is 9.53 Å². The number of rotatable bonds is 8. The SMILES string of the molecule is CN(C)Cc1ccc(CN2CCC(OC(=O)NC(c3ccccc3)c3ccccc3)CC2)cc1. The van der Waals surface area contributed by atoms with Crippen LogP contribution < -0.4 is 5.32 Å². The molecule has 34 heavy (non-hydrogen) atoms. The van der Waals surface area contributed by atoms with Crippen LogP contribution in [0.3, 0.4) is 0 Å². The van der Waals surface area contributed by atoms with Crippen LogP contribution in [0.5, 0.6) is 0 Å². The summed E-state index contributed by atoms with van der Waals surface area (Å²) in [6, 6.07) is 28.7. The summed E-state index contributed by atoms with van der Waals surface area (Å²) in [5.41, 5.74) is 4.73. The molecule has 5 heteroatoms. The zero-order valence-electron chi connectivity index (χ0n) is 20.2. The van der Waals surface area contributed by atoms with Crippen LogP contribution in [0.25, 0.3) is 0 Å². The number of ether oxygens (including phenoxy) is 1. The maximum atomic E-state index is 12.8. The standard InChI is InChI=1S/C29H35N3O2/c1-31(2)21-23-13-15-24(16-14-23)22-32-19-17-27(18-20-32)34-29(33)30-28(25-9-5-3-6-10-25)26-11-7-4-8-12-26/h3-16,27-28H,17-22H2,1-2H3,(H,30,33). The van der Waals surface area contributed by atoms with Crippen molar-refractivity contribution >= 4 is 6.09 Å². The van der Waals surface area contributed by atoms with Crippen LogP contribution >= 0.6 is 0 Å². The molecule has 1 saturated heterocycles. The molecule has 4 rings (SSSR count). The van der Waals surface area contributed by atoms with Gasteiger partial charge in [0.2, 0.25) is 0 Å². The van der Waals surface area contributed by atoms with Gasteiger partial charge in [-0.05, 0) is 49.2 Å². The predicted octanol–water partition coefficient (Wildman–Crippen LogP) is 5.23. The first kappa shape index (κ1) is 24.0. The van der Waals surface area contributed by atoms with E-state index in [1.54, 1.807) is 0 Å². The lowest BCUT2D eigenvalue weighted by Crippen LogP contribution is -2.40. The van der Waals surface area contributed by atoms with E-state index in [2.05, 4.69) is 53.5 Å². The average molecular weight is 458 g/mol. The molecule has 1 fully saturated rings. The van der Waals surface area contributed by atoms with Crippen molar-refractivity contribution in [1.29, 1.82) is 0 Å². The molecule has 1 aliphatic heterocycles. The van der Waals surface area contributed by atoms with Gasteiger partial charge in [-0.15, -0.1) is 0 Å². The van der Waals surface area contributed by atoms with E-state index in [1.165, 1.54) is 11.1 Å². The molecule has 0 aromatic heterocycles. The fourth-order valence-electron chi connectivity index (χ4n) is 4.51. The lowest BCUT2D eigenvalue weighted by molar-refractivity contribution is 0.0476. The smallest absolute Gasteiger partial charge is 0.408 e. The molecule has 1 aliphatic rings. The number of carbonyl (C=O) groups is 1. The Morgan fingerprint density at radius 2 is 1.41 bits per heavy atom. The minimum absolute atomic E-state index is 0.0501. The van der Waals surface area contributed by atoms with E-state index >= 15 is 0 Å². The molecule has 0 unspecified atom stereocenters. The summed E-state index contributed by atoms with van der Waals surface area (Å²) in [6.07, 6.45) is 1.31. The Hall–Kier alpha value is -3.15. The van der Waals surface area contributed by atoms with E-state index in [9.17, 15) is 4.79 Å². The summed E-state index contributed by atoms with van der Waals surface area (Å²) >= 11 is 0. The number of nitrogens with one attached hydrogen (secondary N) is 1. The topological polar surface area (TPSA) is 44.8 Å². The van der Waals surface area contributed by atoms with Gasteiger partial charge in [0.15, 0.2) is 0 Å². The summed E-state index contributed by atoms with van der Waals surface area (Å²) in [5.74, 6) is 0. The molecule has 1 heterocycles. The Labute approximate surface area is 203 Å². The molecule has 1 amide bonds. The second kappa shape index (κ2) is 11.8. The van der Waals surface area contributed by atoms with Gasteiger partial charge in [0, 0.05) is 26.2 Å². The van der Waals surface area contributed by atoms with Gasteiger partial charge < -0.3 is 15.0 Å². The summed E-state index contributed by atoms with van der Waals surface area (Å²) in [6.45, 7) is 3.75. The van der Waals surface area contributed by atoms with E-state index < -0.39 is 0 Å². The number of hydrogen-bond donors (Lipinski definition) is 1. The Kier molecular flexibility index (Phi) is 8.34. The molecule has 3 aromatic carbocycles. The highest BCUT2D eigenvalue weighted by Crippen LogP contribution is 2.23. The number of benzene rings is 3. The third kappa shape index (κ3) is 6.92. The van der Waals surface area contributed by atoms with Crippen molar-refractivity contribution in [3.05, 3.63) is 107 Å². The van der Waals surface area contributed by atoms with Crippen LogP contribution in [0, 0.1) is 0 Å². The molecule has 178 valence electrons. The molecule has 0 aliphatic carbocycles. The number of hydrogen-bond acceptors (Lipinski definition) is 4. The van der Waals surface area contributed by atoms with E-state index in [-0.39, 0.29) is 18.2 Å². The number of piperidine rings is 1. The highest BCUT2D eigenvalue weighted by Gasteiger charge is 2.24. The van der Waals surface area contributed by atoms with E-state index in [0.717, 1.165) is 50.1 Å². The lowest BCUT2D eigenvalue weighted by Gasteiger charge is -2.32. The Balaban J connectivity index is 1.27. The fraction of sp³-hybridized carbons (Fsp3) is 0.345. The maximum absolute atomic E-state index is 12.8. The normalized spacial score (nSPS) is 14.9. The minimum Gasteiger partial charge on any atom is -0.446 e. The molecule has 0 atom stereocenters. The van der Waals surface area contributed by atoms with Gasteiger partial charge in [-0.1, -0.05) is 84.9 Å². The molecule has 5 nitrogen and oxygen atoms in total. The number of likely N-dealkylation sites (tertiary alicyclic amines) is 1. The van der Waals surface area contributed by atoms with Crippen molar-refractivity contribution in [3.63, 3.8) is 0 Å². The van der Waals surface area contributed by atoms with Crippen LogP contribution in [0.1, 0.15) is 41.1 Å². The van der Waals surface area contributed by atoms with Crippen LogP contribution in [0.4, 0.5) is 4.79 Å². The summed E-state index contributed by atoms with van der Waals surface area (Å²) in [7, 11) is 4.17. The number of nitrogens with zero attached hydrogens (tertiary/aromatic N) is 2. The highest BCUT2D eigenvalue weighted by molar-refractivity contribution is 5.69. The summed E-state index contributed by atoms with van der Waals surface area (Å²) in [5, 5.41) is 3.09. The predicted molar refractivity (Wildman–Crippen MR) is 136 cm³/mol.